The fourth-order valence-corrected chi connectivity index (χ4v) is 15.4. The van der Waals surface area contributed by atoms with Crippen LogP contribution in [0, 0.1) is 17.3 Å². The van der Waals surface area contributed by atoms with E-state index < -0.39 is 57.4 Å². The number of H-pyrrole nitrogens is 1. The van der Waals surface area contributed by atoms with Gasteiger partial charge >= 0.3 is 17.9 Å². The molecule has 1 amide bonds. The Morgan fingerprint density at radius 1 is 0.925 bits per heavy atom. The molecule has 6 heterocycles. The Balaban J connectivity index is 1.21. The van der Waals surface area contributed by atoms with Crippen molar-refractivity contribution in [1.29, 1.82) is 0 Å². The van der Waals surface area contributed by atoms with E-state index >= 15 is 4.79 Å². The van der Waals surface area contributed by atoms with Gasteiger partial charge < -0.3 is 44.2 Å². The van der Waals surface area contributed by atoms with Crippen molar-refractivity contribution in [2.45, 2.75) is 132 Å². The molecule has 7 aliphatic rings. The minimum Gasteiger partial charge on any atom is -0.496 e. The molecule has 3 N–H and O–H groups in total. The van der Waals surface area contributed by atoms with Gasteiger partial charge in [-0.15, -0.1) is 0 Å². The summed E-state index contributed by atoms with van der Waals surface area (Å²) in [6, 6.07) is 11.1. The summed E-state index contributed by atoms with van der Waals surface area (Å²) in [5, 5.41) is 18.2. The van der Waals surface area contributed by atoms with Crippen LogP contribution in [-0.2, 0) is 50.6 Å². The van der Waals surface area contributed by atoms with Crippen molar-refractivity contribution in [2.75, 3.05) is 66.0 Å². The Kier molecular flexibility index (Phi) is 11.4. The number of amides is 1. The number of aromatic amines is 1. The van der Waals surface area contributed by atoms with Gasteiger partial charge in [0.2, 0.25) is 11.5 Å². The summed E-state index contributed by atoms with van der Waals surface area (Å²) < 4.78 is 24.3. The van der Waals surface area contributed by atoms with E-state index in [9.17, 15) is 19.5 Å². The predicted octanol–water partition coefficient (Wildman–Crippen LogP) is 5.70. The second-order valence-corrected chi connectivity index (χ2v) is 21.1. The van der Waals surface area contributed by atoms with Crippen molar-refractivity contribution in [3.05, 3.63) is 70.9 Å². The fourth-order valence-electron chi connectivity index (χ4n) is 15.4. The number of carbonyl (C=O) groups is 4. The second kappa shape index (κ2) is 16.6. The molecule has 1 unspecified atom stereocenters. The largest absolute Gasteiger partial charge is 0.496 e. The highest BCUT2D eigenvalue weighted by Crippen LogP contribution is 2.68. The molecule has 2 saturated heterocycles. The maximum absolute atomic E-state index is 15.7. The van der Waals surface area contributed by atoms with Crippen LogP contribution >= 0.6 is 0 Å². The Morgan fingerprint density at radius 3 is 2.39 bits per heavy atom. The zero-order chi connectivity index (χ0) is 47.3. The summed E-state index contributed by atoms with van der Waals surface area (Å²) in [6.07, 6.45) is 11.5. The number of fused-ring (bicyclic) bond motifs is 6. The number of hydrogen-bond donors (Lipinski definition) is 3. The van der Waals surface area contributed by atoms with Gasteiger partial charge in [0.1, 0.15) is 11.2 Å². The molecule has 67 heavy (non-hydrogen) atoms. The van der Waals surface area contributed by atoms with Crippen LogP contribution in [0.2, 0.25) is 0 Å². The quantitative estimate of drug-likeness (QED) is 0.137. The fraction of sp³-hybridized carbons (Fsp3) is 0.623. The van der Waals surface area contributed by atoms with Crippen LogP contribution in [0.5, 0.6) is 5.75 Å². The van der Waals surface area contributed by atoms with Gasteiger partial charge in [-0.3, -0.25) is 19.3 Å². The molecular formula is C53H69N5O9. The lowest BCUT2D eigenvalue weighted by Crippen LogP contribution is -2.81. The van der Waals surface area contributed by atoms with Crippen molar-refractivity contribution in [1.82, 2.24) is 20.1 Å². The highest BCUT2D eigenvalue weighted by Gasteiger charge is 2.80. The zero-order valence-electron chi connectivity index (χ0n) is 40.4. The second-order valence-electron chi connectivity index (χ2n) is 21.1. The van der Waals surface area contributed by atoms with E-state index in [0.29, 0.717) is 56.5 Å². The molecule has 2 bridgehead atoms. The molecule has 14 heteroatoms. The first kappa shape index (κ1) is 45.8. The normalized spacial score (nSPS) is 35.5. The number of carbonyl (C=O) groups excluding carboxylic acids is 4. The monoisotopic (exact) mass is 920 g/mol. The maximum atomic E-state index is 15.7. The van der Waals surface area contributed by atoms with Crippen LogP contribution in [0.1, 0.15) is 107 Å². The summed E-state index contributed by atoms with van der Waals surface area (Å²) in [5.74, 6) is -1.34. The van der Waals surface area contributed by atoms with Gasteiger partial charge in [0, 0.05) is 96.9 Å². The smallest absolute Gasteiger partial charge is 0.344 e. The zero-order valence-corrected chi connectivity index (χ0v) is 40.4. The SMILES string of the molecule is CC[C@]1(NC(=O)C2CCCCC2)C[C@H]2CN(CCc3c([nH]c4ccccc34)[C@@](C(=O)OC)(c3cc4c(cc3OC)N(C)[C@H]3[C@@](O)(C(=O)OC)[C@H](OC(C)=O)[C@]5(CC)C=CCN6CC[C@]43[C@@H]65)C2)C1. The number of rotatable bonds is 9. The summed E-state index contributed by atoms with van der Waals surface area (Å²) in [7, 11) is 6.22. The molecule has 0 radical (unpaired) electrons. The third-order valence-corrected chi connectivity index (χ3v) is 18.0. The van der Waals surface area contributed by atoms with Gasteiger partial charge in [0.25, 0.3) is 0 Å². The molecule has 4 fully saturated rings. The molecule has 2 aliphatic carbocycles. The number of anilines is 1. The maximum Gasteiger partial charge on any atom is 0.344 e. The number of esters is 3. The molecule has 10 atom stereocenters. The van der Waals surface area contributed by atoms with Crippen molar-refractivity contribution in [2.24, 2.45) is 17.3 Å². The number of nitrogens with one attached hydrogen (secondary N) is 2. The molecule has 2 aromatic carbocycles. The van der Waals surface area contributed by atoms with Gasteiger partial charge in [-0.2, -0.15) is 0 Å². The van der Waals surface area contributed by atoms with Crippen LogP contribution in [0.3, 0.4) is 0 Å². The summed E-state index contributed by atoms with van der Waals surface area (Å²) in [4.78, 5) is 68.2. The topological polar surface area (TPSA) is 163 Å². The Morgan fingerprint density at radius 2 is 1.69 bits per heavy atom. The number of likely N-dealkylation sites (N-methyl/N-ethyl adjacent to an activating group) is 1. The predicted molar refractivity (Wildman–Crippen MR) is 253 cm³/mol. The molecule has 360 valence electrons. The Bertz CT molecular complexity index is 2520. The highest BCUT2D eigenvalue weighted by molar-refractivity contribution is 5.95. The van der Waals surface area contributed by atoms with E-state index in [4.69, 9.17) is 18.9 Å². The van der Waals surface area contributed by atoms with E-state index in [2.05, 4.69) is 57.4 Å². The number of hydrogen-bond acceptors (Lipinski definition) is 12. The van der Waals surface area contributed by atoms with E-state index in [1.54, 1.807) is 7.11 Å². The van der Waals surface area contributed by atoms with Gasteiger partial charge in [0.05, 0.1) is 32.9 Å². The van der Waals surface area contributed by atoms with Crippen LogP contribution in [0.25, 0.3) is 10.9 Å². The highest BCUT2D eigenvalue weighted by atomic mass is 16.6. The molecular weight excluding hydrogens is 851 g/mol. The molecule has 10 rings (SSSR count). The van der Waals surface area contributed by atoms with Crippen LogP contribution < -0.4 is 15.0 Å². The number of piperidine rings is 1. The first-order valence-corrected chi connectivity index (χ1v) is 24.8. The van der Waals surface area contributed by atoms with E-state index in [1.165, 1.54) is 27.6 Å². The third kappa shape index (κ3) is 6.43. The standard InChI is InChI=1S/C53H69N5O9/c1-8-49(55-43(60)34-16-11-10-12-17-34)28-33-29-52(47(61)65-6,42-36(20-24-57(30-33)31-49)35-18-13-14-19-39(35)54-42)38-26-37-40(27-41(38)64-5)56(4)45-51(37)22-25-58-23-15-21-50(9-2,44(51)58)46(67-32(3)59)53(45,63)48(62)66-7/h13-15,18-19,21,26-27,33-34,44-46,54,63H,8-12,16-17,20,22-25,28-31H2,1-7H3,(H,55,60)/t33-,44+,45-,46-,49+,50-,51-,52+,53+/m1/s1. The first-order chi connectivity index (χ1) is 32.2. The Labute approximate surface area is 394 Å². The van der Waals surface area contributed by atoms with Gasteiger partial charge in [-0.25, -0.2) is 4.79 Å². The lowest BCUT2D eigenvalue weighted by atomic mass is 9.47. The van der Waals surface area contributed by atoms with Crippen LogP contribution in [-0.4, -0.2) is 134 Å². The van der Waals surface area contributed by atoms with E-state index in [1.807, 2.05) is 37.1 Å². The average molecular weight is 920 g/mol. The molecule has 1 aromatic heterocycles. The average Bonchev–Trinajstić information content (AvgIpc) is 4.00. The first-order valence-electron chi connectivity index (χ1n) is 24.8. The molecule has 14 nitrogen and oxygen atoms in total. The van der Waals surface area contributed by atoms with E-state index in [-0.39, 0.29) is 23.8 Å². The number of benzene rings is 2. The number of aliphatic hydroxyl groups is 1. The number of para-hydroxylation sites is 1. The van der Waals surface area contributed by atoms with Crippen molar-refractivity contribution < 1.29 is 43.2 Å². The van der Waals surface area contributed by atoms with Crippen LogP contribution in [0.4, 0.5) is 5.69 Å². The lowest BCUT2D eigenvalue weighted by molar-refractivity contribution is -0.228. The molecule has 3 aromatic rings. The van der Waals surface area contributed by atoms with Crippen LogP contribution in [0.15, 0.2) is 48.6 Å². The number of ether oxygens (including phenoxy) is 4. The number of nitrogens with zero attached hydrogens (tertiary/aromatic N) is 3. The molecule has 1 spiro atoms. The lowest BCUT2D eigenvalue weighted by Gasteiger charge is -2.63. The minimum absolute atomic E-state index is 0.0116. The van der Waals surface area contributed by atoms with Gasteiger partial charge in [0.15, 0.2) is 6.10 Å². The molecule has 5 aliphatic heterocycles. The number of aromatic nitrogens is 1. The van der Waals surface area contributed by atoms with Crippen molar-refractivity contribution in [3.8, 4) is 5.75 Å². The number of methoxy groups -OCH3 is 3. The van der Waals surface area contributed by atoms with Gasteiger partial charge in [-0.1, -0.05) is 63.5 Å². The Hall–Kier alpha value is -4.92. The summed E-state index contributed by atoms with van der Waals surface area (Å²) in [5.41, 5.74) is -1.19. The summed E-state index contributed by atoms with van der Waals surface area (Å²) >= 11 is 0. The minimum atomic E-state index is -2.31. The van der Waals surface area contributed by atoms with Crippen molar-refractivity contribution in [3.63, 3.8) is 0 Å². The van der Waals surface area contributed by atoms with E-state index in [0.717, 1.165) is 85.1 Å². The van der Waals surface area contributed by atoms with Gasteiger partial charge in [-0.05, 0) is 87.1 Å². The van der Waals surface area contributed by atoms with Crippen molar-refractivity contribution >= 4 is 40.4 Å². The molecule has 2 saturated carbocycles. The summed E-state index contributed by atoms with van der Waals surface area (Å²) in [6.45, 7) is 9.01. The third-order valence-electron chi connectivity index (χ3n) is 18.0.